The van der Waals surface area contributed by atoms with Gasteiger partial charge in [0.15, 0.2) is 0 Å². The van der Waals surface area contributed by atoms with Crippen LogP contribution in [0, 0.1) is 0 Å². The van der Waals surface area contributed by atoms with Gasteiger partial charge in [0, 0.05) is 19.3 Å². The van der Waals surface area contributed by atoms with Gasteiger partial charge in [-0.2, -0.15) is 5.10 Å². The number of nitrogens with zero attached hydrogens (tertiary/aromatic N) is 2. The molecule has 2 atom stereocenters. The molecule has 3 rings (SSSR count). The lowest BCUT2D eigenvalue weighted by molar-refractivity contribution is 0.396. The molecular formula is C18H25N3. The molecule has 2 unspecified atom stereocenters. The highest BCUT2D eigenvalue weighted by atomic mass is 15.2. The third kappa shape index (κ3) is 3.18. The van der Waals surface area contributed by atoms with Gasteiger partial charge < -0.3 is 5.32 Å². The summed E-state index contributed by atoms with van der Waals surface area (Å²) in [6, 6.07) is 9.48. The molecule has 0 fully saturated rings. The molecule has 1 aromatic carbocycles. The third-order valence-corrected chi connectivity index (χ3v) is 4.58. The molecule has 21 heavy (non-hydrogen) atoms. The smallest absolute Gasteiger partial charge is 0.0522 e. The van der Waals surface area contributed by atoms with Crippen molar-refractivity contribution in [2.75, 3.05) is 6.54 Å². The van der Waals surface area contributed by atoms with Crippen molar-refractivity contribution in [3.05, 3.63) is 53.3 Å². The molecule has 0 radical (unpaired) electrons. The third-order valence-electron chi connectivity index (χ3n) is 4.58. The van der Waals surface area contributed by atoms with E-state index >= 15 is 0 Å². The predicted molar refractivity (Wildman–Crippen MR) is 86.5 cm³/mol. The van der Waals surface area contributed by atoms with E-state index in [1.54, 1.807) is 11.1 Å². The lowest BCUT2D eigenvalue weighted by Gasteiger charge is -2.33. The van der Waals surface area contributed by atoms with E-state index in [4.69, 9.17) is 0 Å². The molecule has 0 saturated carbocycles. The summed E-state index contributed by atoms with van der Waals surface area (Å²) >= 11 is 0. The molecule has 1 aromatic heterocycles. The zero-order chi connectivity index (χ0) is 14.7. The van der Waals surface area contributed by atoms with Gasteiger partial charge in [-0.05, 0) is 54.8 Å². The standard InChI is InChI=1S/C18H25N3/c1-3-19-18(11-14-12-20-21(2)13-14)17-10-6-8-15-7-4-5-9-16(15)17/h4-5,7,9,12-13,17-19H,3,6,8,10-11H2,1-2H3. The van der Waals surface area contributed by atoms with Crippen molar-refractivity contribution in [1.82, 2.24) is 15.1 Å². The van der Waals surface area contributed by atoms with Gasteiger partial charge in [0.2, 0.25) is 0 Å². The zero-order valence-electron chi connectivity index (χ0n) is 13.0. The summed E-state index contributed by atoms with van der Waals surface area (Å²) in [4.78, 5) is 0. The van der Waals surface area contributed by atoms with E-state index in [-0.39, 0.29) is 0 Å². The van der Waals surface area contributed by atoms with Gasteiger partial charge in [0.1, 0.15) is 0 Å². The molecule has 0 aliphatic heterocycles. The quantitative estimate of drug-likeness (QED) is 0.914. The maximum absolute atomic E-state index is 4.31. The van der Waals surface area contributed by atoms with Gasteiger partial charge in [-0.1, -0.05) is 31.2 Å². The van der Waals surface area contributed by atoms with Crippen LogP contribution in [0.3, 0.4) is 0 Å². The zero-order valence-corrected chi connectivity index (χ0v) is 13.0. The minimum atomic E-state index is 0.501. The molecule has 0 bridgehead atoms. The second-order valence-corrected chi connectivity index (χ2v) is 6.09. The maximum atomic E-state index is 4.31. The van der Waals surface area contributed by atoms with Gasteiger partial charge in [-0.15, -0.1) is 0 Å². The Morgan fingerprint density at radius 1 is 1.38 bits per heavy atom. The first-order valence-corrected chi connectivity index (χ1v) is 8.06. The van der Waals surface area contributed by atoms with Crippen LogP contribution >= 0.6 is 0 Å². The molecule has 1 aliphatic rings. The van der Waals surface area contributed by atoms with Crippen LogP contribution in [0.15, 0.2) is 36.7 Å². The molecule has 2 aromatic rings. The lowest BCUT2D eigenvalue weighted by Crippen LogP contribution is -2.38. The second kappa shape index (κ2) is 6.44. The first-order chi connectivity index (χ1) is 10.3. The number of rotatable bonds is 5. The molecule has 0 saturated heterocycles. The Morgan fingerprint density at radius 3 is 3.00 bits per heavy atom. The topological polar surface area (TPSA) is 29.9 Å². The van der Waals surface area contributed by atoms with Gasteiger partial charge in [-0.25, -0.2) is 0 Å². The number of hydrogen-bond acceptors (Lipinski definition) is 2. The van der Waals surface area contributed by atoms with Crippen LogP contribution in [-0.2, 0) is 19.9 Å². The molecule has 1 N–H and O–H groups in total. The van der Waals surface area contributed by atoms with Crippen molar-refractivity contribution < 1.29 is 0 Å². The Kier molecular flexibility index (Phi) is 4.39. The SMILES string of the molecule is CCNC(Cc1cnn(C)c1)C1CCCc2ccccc21. The molecule has 1 heterocycles. The molecular weight excluding hydrogens is 258 g/mol. The van der Waals surface area contributed by atoms with E-state index < -0.39 is 0 Å². The minimum Gasteiger partial charge on any atom is -0.313 e. The van der Waals surface area contributed by atoms with Gasteiger partial charge in [0.25, 0.3) is 0 Å². The molecule has 3 nitrogen and oxygen atoms in total. The average Bonchev–Trinajstić information content (AvgIpc) is 2.91. The van der Waals surface area contributed by atoms with Crippen molar-refractivity contribution >= 4 is 0 Å². The summed E-state index contributed by atoms with van der Waals surface area (Å²) in [7, 11) is 1.99. The Labute approximate surface area is 127 Å². The first kappa shape index (κ1) is 14.3. The van der Waals surface area contributed by atoms with Crippen molar-refractivity contribution in [3.63, 3.8) is 0 Å². The van der Waals surface area contributed by atoms with E-state index in [0.717, 1.165) is 13.0 Å². The highest BCUT2D eigenvalue weighted by molar-refractivity contribution is 5.34. The summed E-state index contributed by atoms with van der Waals surface area (Å²) in [6.07, 6.45) is 9.02. The molecule has 3 heteroatoms. The number of likely N-dealkylation sites (N-methyl/N-ethyl adjacent to an activating group) is 1. The molecule has 0 spiro atoms. The second-order valence-electron chi connectivity index (χ2n) is 6.09. The number of hydrogen-bond donors (Lipinski definition) is 1. The predicted octanol–water partition coefficient (Wildman–Crippen LogP) is 3.06. The monoisotopic (exact) mass is 283 g/mol. The lowest BCUT2D eigenvalue weighted by atomic mass is 9.77. The van der Waals surface area contributed by atoms with E-state index in [1.807, 2.05) is 17.9 Å². The Hall–Kier alpha value is -1.61. The minimum absolute atomic E-state index is 0.501. The van der Waals surface area contributed by atoms with E-state index in [1.165, 1.54) is 24.8 Å². The Balaban J connectivity index is 1.84. The van der Waals surface area contributed by atoms with Crippen molar-refractivity contribution in [2.24, 2.45) is 7.05 Å². The summed E-state index contributed by atoms with van der Waals surface area (Å²) in [6.45, 7) is 3.22. The summed E-state index contributed by atoms with van der Waals surface area (Å²) in [5.41, 5.74) is 4.42. The van der Waals surface area contributed by atoms with Crippen LogP contribution in [0.4, 0.5) is 0 Å². The summed E-state index contributed by atoms with van der Waals surface area (Å²) in [5.74, 6) is 0.620. The number of aromatic nitrogens is 2. The number of nitrogens with one attached hydrogen (secondary N) is 1. The fourth-order valence-electron chi connectivity index (χ4n) is 3.66. The largest absolute Gasteiger partial charge is 0.313 e. The van der Waals surface area contributed by atoms with Crippen LogP contribution in [0.2, 0.25) is 0 Å². The van der Waals surface area contributed by atoms with E-state index in [9.17, 15) is 0 Å². The normalized spacial score (nSPS) is 19.2. The number of aryl methyl sites for hydroxylation is 2. The maximum Gasteiger partial charge on any atom is 0.0522 e. The average molecular weight is 283 g/mol. The number of fused-ring (bicyclic) bond motifs is 1. The molecule has 112 valence electrons. The van der Waals surface area contributed by atoms with Crippen molar-refractivity contribution in [1.29, 1.82) is 0 Å². The summed E-state index contributed by atoms with van der Waals surface area (Å²) in [5, 5.41) is 8.02. The van der Waals surface area contributed by atoms with Crippen LogP contribution in [0.5, 0.6) is 0 Å². The van der Waals surface area contributed by atoms with Crippen molar-refractivity contribution in [2.45, 2.75) is 44.6 Å². The Morgan fingerprint density at radius 2 is 2.24 bits per heavy atom. The van der Waals surface area contributed by atoms with Gasteiger partial charge in [0.05, 0.1) is 6.20 Å². The van der Waals surface area contributed by atoms with E-state index in [0.29, 0.717) is 12.0 Å². The van der Waals surface area contributed by atoms with Gasteiger partial charge in [-0.3, -0.25) is 4.68 Å². The molecule has 1 aliphatic carbocycles. The highest BCUT2D eigenvalue weighted by Gasteiger charge is 2.27. The number of benzene rings is 1. The van der Waals surface area contributed by atoms with Crippen LogP contribution in [0.25, 0.3) is 0 Å². The fraction of sp³-hybridized carbons (Fsp3) is 0.500. The highest BCUT2D eigenvalue weighted by Crippen LogP contribution is 2.34. The van der Waals surface area contributed by atoms with Crippen LogP contribution < -0.4 is 5.32 Å². The first-order valence-electron chi connectivity index (χ1n) is 8.06. The van der Waals surface area contributed by atoms with Crippen LogP contribution in [0.1, 0.15) is 42.4 Å². The molecule has 0 amide bonds. The fourth-order valence-corrected chi connectivity index (χ4v) is 3.66. The van der Waals surface area contributed by atoms with Gasteiger partial charge >= 0.3 is 0 Å². The van der Waals surface area contributed by atoms with Crippen molar-refractivity contribution in [3.8, 4) is 0 Å². The summed E-state index contributed by atoms with van der Waals surface area (Å²) < 4.78 is 1.90. The van der Waals surface area contributed by atoms with Crippen LogP contribution in [-0.4, -0.2) is 22.4 Å². The Bertz CT molecular complexity index is 588. The van der Waals surface area contributed by atoms with E-state index in [2.05, 4.69) is 47.8 Å².